The Hall–Kier alpha value is -0.980. The van der Waals surface area contributed by atoms with Crippen LogP contribution in [0.25, 0.3) is 0 Å². The first-order chi connectivity index (χ1) is 8.45. The van der Waals surface area contributed by atoms with E-state index in [1.807, 2.05) is 0 Å². The van der Waals surface area contributed by atoms with Crippen molar-refractivity contribution in [1.29, 1.82) is 0 Å². The summed E-state index contributed by atoms with van der Waals surface area (Å²) in [7, 11) is 0. The molecule has 7 heteroatoms. The van der Waals surface area contributed by atoms with Crippen LogP contribution in [0.4, 0.5) is 19.0 Å². The molecule has 1 aromatic heterocycles. The van der Waals surface area contributed by atoms with Gasteiger partial charge in [-0.15, -0.1) is 11.8 Å². The SMILES string of the molecule is Nc1cc(SC2CCCCC2)nc(C(F)(F)F)n1. The molecule has 1 heterocycles. The summed E-state index contributed by atoms with van der Waals surface area (Å²) in [6.45, 7) is 0. The molecule has 1 aromatic rings. The van der Waals surface area contributed by atoms with E-state index in [-0.39, 0.29) is 5.82 Å². The second kappa shape index (κ2) is 5.34. The minimum Gasteiger partial charge on any atom is -0.384 e. The van der Waals surface area contributed by atoms with E-state index in [0.717, 1.165) is 25.7 Å². The van der Waals surface area contributed by atoms with E-state index in [4.69, 9.17) is 5.73 Å². The predicted molar refractivity (Wildman–Crippen MR) is 64.2 cm³/mol. The van der Waals surface area contributed by atoms with E-state index < -0.39 is 12.0 Å². The number of rotatable bonds is 2. The van der Waals surface area contributed by atoms with E-state index in [2.05, 4.69) is 9.97 Å². The molecule has 0 radical (unpaired) electrons. The summed E-state index contributed by atoms with van der Waals surface area (Å²) in [6.07, 6.45) is 0.967. The van der Waals surface area contributed by atoms with Gasteiger partial charge < -0.3 is 5.73 Å². The first-order valence-electron chi connectivity index (χ1n) is 5.83. The highest BCUT2D eigenvalue weighted by molar-refractivity contribution is 7.99. The number of hydrogen-bond acceptors (Lipinski definition) is 4. The Morgan fingerprint density at radius 3 is 2.44 bits per heavy atom. The van der Waals surface area contributed by atoms with Crippen molar-refractivity contribution in [3.05, 3.63) is 11.9 Å². The zero-order chi connectivity index (χ0) is 13.2. The average molecular weight is 277 g/mol. The monoisotopic (exact) mass is 277 g/mol. The number of aromatic nitrogens is 2. The van der Waals surface area contributed by atoms with Crippen LogP contribution in [0.1, 0.15) is 37.9 Å². The zero-order valence-electron chi connectivity index (χ0n) is 9.70. The highest BCUT2D eigenvalue weighted by atomic mass is 32.2. The van der Waals surface area contributed by atoms with Crippen molar-refractivity contribution in [2.24, 2.45) is 0 Å². The molecule has 18 heavy (non-hydrogen) atoms. The topological polar surface area (TPSA) is 51.8 Å². The van der Waals surface area contributed by atoms with Crippen LogP contribution in [0, 0.1) is 0 Å². The summed E-state index contributed by atoms with van der Waals surface area (Å²) >= 11 is 1.38. The van der Waals surface area contributed by atoms with Gasteiger partial charge in [-0.1, -0.05) is 19.3 Å². The molecule has 2 rings (SSSR count). The molecule has 1 aliphatic carbocycles. The van der Waals surface area contributed by atoms with Crippen molar-refractivity contribution in [1.82, 2.24) is 9.97 Å². The third kappa shape index (κ3) is 3.51. The number of halogens is 3. The fourth-order valence-electron chi connectivity index (χ4n) is 1.98. The van der Waals surface area contributed by atoms with Gasteiger partial charge in [0.15, 0.2) is 0 Å². The van der Waals surface area contributed by atoms with Crippen LogP contribution in [-0.4, -0.2) is 15.2 Å². The lowest BCUT2D eigenvalue weighted by molar-refractivity contribution is -0.145. The maximum Gasteiger partial charge on any atom is 0.451 e. The van der Waals surface area contributed by atoms with Crippen LogP contribution in [0.3, 0.4) is 0 Å². The normalized spacial score (nSPS) is 17.9. The molecule has 0 saturated heterocycles. The van der Waals surface area contributed by atoms with Gasteiger partial charge in [0.25, 0.3) is 0 Å². The number of alkyl halides is 3. The van der Waals surface area contributed by atoms with Crippen LogP contribution in [0.2, 0.25) is 0 Å². The second-order valence-corrected chi connectivity index (χ2v) is 5.65. The maximum atomic E-state index is 12.5. The van der Waals surface area contributed by atoms with E-state index in [0.29, 0.717) is 10.3 Å². The van der Waals surface area contributed by atoms with Gasteiger partial charge in [-0.05, 0) is 12.8 Å². The molecule has 0 aromatic carbocycles. The molecular formula is C11H14F3N3S. The van der Waals surface area contributed by atoms with Crippen molar-refractivity contribution < 1.29 is 13.2 Å². The Kier molecular flexibility index (Phi) is 3.99. The quantitative estimate of drug-likeness (QED) is 0.841. The number of nitrogen functional groups attached to an aromatic ring is 1. The summed E-state index contributed by atoms with van der Waals surface area (Å²) in [5.41, 5.74) is 5.40. The minimum absolute atomic E-state index is 0.129. The smallest absolute Gasteiger partial charge is 0.384 e. The van der Waals surface area contributed by atoms with Gasteiger partial charge in [0, 0.05) is 11.3 Å². The summed E-state index contributed by atoms with van der Waals surface area (Å²) in [4.78, 5) is 6.77. The number of hydrogen-bond donors (Lipinski definition) is 1. The third-order valence-electron chi connectivity index (χ3n) is 2.82. The summed E-state index contributed by atoms with van der Waals surface area (Å²) < 4.78 is 37.6. The Bertz CT molecular complexity index is 416. The third-order valence-corrected chi connectivity index (χ3v) is 4.07. The van der Waals surface area contributed by atoms with Crippen LogP contribution in [0.5, 0.6) is 0 Å². The van der Waals surface area contributed by atoms with Gasteiger partial charge in [-0.2, -0.15) is 13.2 Å². The standard InChI is InChI=1S/C11H14F3N3S/c12-11(13,14)10-16-8(15)6-9(17-10)18-7-4-2-1-3-5-7/h6-7H,1-5H2,(H2,15,16,17). The Labute approximate surface area is 107 Å². The van der Waals surface area contributed by atoms with Gasteiger partial charge in [0.2, 0.25) is 5.82 Å². The van der Waals surface area contributed by atoms with Crippen molar-refractivity contribution in [2.75, 3.05) is 5.73 Å². The molecule has 0 amide bonds. The minimum atomic E-state index is -4.54. The van der Waals surface area contributed by atoms with Crippen molar-refractivity contribution >= 4 is 17.6 Å². The van der Waals surface area contributed by atoms with Crippen molar-refractivity contribution in [3.63, 3.8) is 0 Å². The number of nitrogens with two attached hydrogens (primary N) is 1. The Morgan fingerprint density at radius 2 is 1.83 bits per heavy atom. The van der Waals surface area contributed by atoms with Gasteiger partial charge in [0.1, 0.15) is 10.8 Å². The molecule has 2 N–H and O–H groups in total. The van der Waals surface area contributed by atoms with Gasteiger partial charge in [-0.25, -0.2) is 9.97 Å². The average Bonchev–Trinajstić information content (AvgIpc) is 2.28. The highest BCUT2D eigenvalue weighted by Gasteiger charge is 2.35. The summed E-state index contributed by atoms with van der Waals surface area (Å²) in [5.74, 6) is -1.28. The fourth-order valence-corrected chi connectivity index (χ4v) is 3.22. The molecule has 1 fully saturated rings. The molecule has 0 aliphatic heterocycles. The molecule has 0 bridgehead atoms. The van der Waals surface area contributed by atoms with E-state index >= 15 is 0 Å². The molecule has 1 aliphatic rings. The number of thioether (sulfide) groups is 1. The van der Waals surface area contributed by atoms with Crippen LogP contribution in [0.15, 0.2) is 11.1 Å². The maximum absolute atomic E-state index is 12.5. The predicted octanol–water partition coefficient (Wildman–Crippen LogP) is 3.50. The number of nitrogens with zero attached hydrogens (tertiary/aromatic N) is 2. The molecule has 100 valence electrons. The largest absolute Gasteiger partial charge is 0.451 e. The summed E-state index contributed by atoms with van der Waals surface area (Å²) in [5, 5.41) is 0.663. The number of anilines is 1. The highest BCUT2D eigenvalue weighted by Crippen LogP contribution is 2.35. The van der Waals surface area contributed by atoms with Gasteiger partial charge in [-0.3, -0.25) is 0 Å². The van der Waals surface area contributed by atoms with E-state index in [1.54, 1.807) is 0 Å². The van der Waals surface area contributed by atoms with Gasteiger partial charge >= 0.3 is 6.18 Å². The molecule has 1 saturated carbocycles. The lowest BCUT2D eigenvalue weighted by atomic mass is 10.0. The Balaban J connectivity index is 2.14. The fraction of sp³-hybridized carbons (Fsp3) is 0.636. The van der Waals surface area contributed by atoms with E-state index in [9.17, 15) is 13.2 Å². The lowest BCUT2D eigenvalue weighted by Gasteiger charge is -2.20. The van der Waals surface area contributed by atoms with Gasteiger partial charge in [0.05, 0.1) is 0 Å². The second-order valence-electron chi connectivity index (χ2n) is 4.33. The molecular weight excluding hydrogens is 263 g/mol. The van der Waals surface area contributed by atoms with Crippen LogP contribution < -0.4 is 5.73 Å². The Morgan fingerprint density at radius 1 is 1.17 bits per heavy atom. The van der Waals surface area contributed by atoms with Crippen LogP contribution in [-0.2, 0) is 6.18 Å². The van der Waals surface area contributed by atoms with Crippen molar-refractivity contribution in [3.8, 4) is 0 Å². The molecule has 0 atom stereocenters. The lowest BCUT2D eigenvalue weighted by Crippen LogP contribution is -2.14. The molecule has 3 nitrogen and oxygen atoms in total. The van der Waals surface area contributed by atoms with Crippen LogP contribution >= 0.6 is 11.8 Å². The summed E-state index contributed by atoms with van der Waals surface area (Å²) in [6, 6.07) is 1.41. The molecule has 0 unspecified atom stereocenters. The molecule has 0 spiro atoms. The first-order valence-corrected chi connectivity index (χ1v) is 6.71. The van der Waals surface area contributed by atoms with Crippen molar-refractivity contribution in [2.45, 2.75) is 48.6 Å². The van der Waals surface area contributed by atoms with E-state index in [1.165, 1.54) is 24.2 Å². The first kappa shape index (κ1) is 13.5. The zero-order valence-corrected chi connectivity index (χ0v) is 10.5.